The maximum atomic E-state index is 11.6. The quantitative estimate of drug-likeness (QED) is 0.759. The summed E-state index contributed by atoms with van der Waals surface area (Å²) in [7, 11) is 0. The Bertz CT molecular complexity index is 443. The Morgan fingerprint density at radius 2 is 2.38 bits per heavy atom. The fraction of sp³-hybridized carbons (Fsp3) is 0.462. The van der Waals surface area contributed by atoms with Gasteiger partial charge in [-0.05, 0) is 37.0 Å². The summed E-state index contributed by atoms with van der Waals surface area (Å²) in [5.41, 5.74) is 2.10. The van der Waals surface area contributed by atoms with Crippen molar-refractivity contribution in [3.05, 3.63) is 46.4 Å². The van der Waals surface area contributed by atoms with Crippen molar-refractivity contribution in [1.29, 1.82) is 0 Å². The van der Waals surface area contributed by atoms with E-state index < -0.39 is 0 Å². The molecule has 1 aliphatic rings. The first kappa shape index (κ1) is 11.1. The predicted molar refractivity (Wildman–Crippen MR) is 65.6 cm³/mol. The molecule has 0 aliphatic heterocycles. The van der Waals surface area contributed by atoms with E-state index in [-0.39, 0.29) is 5.56 Å². The largest absolute Gasteiger partial charge is 0.311 e. The van der Waals surface area contributed by atoms with E-state index in [1.807, 2.05) is 19.2 Å². The first-order valence-electron chi connectivity index (χ1n) is 5.72. The zero-order valence-electron chi connectivity index (χ0n) is 9.70. The van der Waals surface area contributed by atoms with Crippen molar-refractivity contribution in [2.45, 2.75) is 32.4 Å². The summed E-state index contributed by atoms with van der Waals surface area (Å²) in [6, 6.07) is 4.29. The van der Waals surface area contributed by atoms with Crippen LogP contribution in [-0.2, 0) is 6.54 Å². The highest BCUT2D eigenvalue weighted by Gasteiger charge is 2.19. The van der Waals surface area contributed by atoms with Gasteiger partial charge >= 0.3 is 0 Å². The molecule has 0 spiro atoms. The molecule has 1 saturated carbocycles. The number of nitrogens with zero attached hydrogens (tertiary/aromatic N) is 1. The standard InChI is InChI=1S/C13H18N2O/c1-10-5-6-15(13(16)7-10)9-11(2)8-14-12-3-4-12/h5-7,12,14H,2-4,8-9H2,1H3. The minimum atomic E-state index is 0.0487. The van der Waals surface area contributed by atoms with E-state index in [1.165, 1.54) is 12.8 Å². The van der Waals surface area contributed by atoms with Gasteiger partial charge in [0.05, 0.1) is 0 Å². The van der Waals surface area contributed by atoms with Crippen LogP contribution in [-0.4, -0.2) is 17.2 Å². The monoisotopic (exact) mass is 218 g/mol. The van der Waals surface area contributed by atoms with Crippen molar-refractivity contribution < 1.29 is 0 Å². The van der Waals surface area contributed by atoms with Crippen molar-refractivity contribution in [2.75, 3.05) is 6.54 Å². The Morgan fingerprint density at radius 1 is 1.62 bits per heavy atom. The van der Waals surface area contributed by atoms with E-state index in [0.717, 1.165) is 17.7 Å². The van der Waals surface area contributed by atoms with E-state index in [1.54, 1.807) is 10.6 Å². The second-order valence-corrected chi connectivity index (χ2v) is 4.58. The van der Waals surface area contributed by atoms with Gasteiger partial charge < -0.3 is 9.88 Å². The van der Waals surface area contributed by atoms with Crippen molar-refractivity contribution >= 4 is 0 Å². The smallest absolute Gasteiger partial charge is 0.251 e. The summed E-state index contributed by atoms with van der Waals surface area (Å²) in [5, 5.41) is 3.39. The summed E-state index contributed by atoms with van der Waals surface area (Å²) < 4.78 is 1.70. The van der Waals surface area contributed by atoms with Crippen molar-refractivity contribution in [3.63, 3.8) is 0 Å². The summed E-state index contributed by atoms with van der Waals surface area (Å²) in [6.45, 7) is 7.34. The van der Waals surface area contributed by atoms with Crippen LogP contribution in [0.4, 0.5) is 0 Å². The van der Waals surface area contributed by atoms with Gasteiger partial charge in [0.25, 0.3) is 5.56 Å². The summed E-state index contributed by atoms with van der Waals surface area (Å²) in [5.74, 6) is 0. The average Bonchev–Trinajstić information content (AvgIpc) is 3.03. The number of aromatic nitrogens is 1. The molecule has 0 unspecified atom stereocenters. The Labute approximate surface area is 95.8 Å². The Morgan fingerprint density at radius 3 is 3.00 bits per heavy atom. The molecule has 0 aromatic carbocycles. The molecule has 1 aliphatic carbocycles. The molecule has 0 saturated heterocycles. The lowest BCUT2D eigenvalue weighted by atomic mass is 10.2. The van der Waals surface area contributed by atoms with Crippen molar-refractivity contribution in [3.8, 4) is 0 Å². The van der Waals surface area contributed by atoms with E-state index in [0.29, 0.717) is 12.6 Å². The van der Waals surface area contributed by atoms with Crippen LogP contribution in [0.3, 0.4) is 0 Å². The molecule has 1 heterocycles. The Balaban J connectivity index is 1.91. The summed E-state index contributed by atoms with van der Waals surface area (Å²) >= 11 is 0. The van der Waals surface area contributed by atoms with E-state index in [9.17, 15) is 4.79 Å². The fourth-order valence-electron chi connectivity index (χ4n) is 1.61. The SMILES string of the molecule is C=C(CNC1CC1)Cn1ccc(C)cc1=O. The lowest BCUT2D eigenvalue weighted by Crippen LogP contribution is -2.25. The molecule has 1 aromatic rings. The highest BCUT2D eigenvalue weighted by molar-refractivity contribution is 5.10. The number of hydrogen-bond acceptors (Lipinski definition) is 2. The first-order valence-corrected chi connectivity index (χ1v) is 5.72. The van der Waals surface area contributed by atoms with E-state index >= 15 is 0 Å². The van der Waals surface area contributed by atoms with Gasteiger partial charge in [0.1, 0.15) is 0 Å². The van der Waals surface area contributed by atoms with Crippen molar-refractivity contribution in [1.82, 2.24) is 9.88 Å². The topological polar surface area (TPSA) is 34.0 Å². The second kappa shape index (κ2) is 4.66. The first-order chi connectivity index (χ1) is 7.65. The molecule has 86 valence electrons. The number of aryl methyl sites for hydroxylation is 1. The third-order valence-corrected chi connectivity index (χ3v) is 2.76. The minimum Gasteiger partial charge on any atom is -0.311 e. The second-order valence-electron chi connectivity index (χ2n) is 4.58. The summed E-state index contributed by atoms with van der Waals surface area (Å²) in [4.78, 5) is 11.6. The molecule has 1 aromatic heterocycles. The van der Waals surface area contributed by atoms with Crippen LogP contribution < -0.4 is 10.9 Å². The van der Waals surface area contributed by atoms with Gasteiger partial charge in [-0.15, -0.1) is 0 Å². The highest BCUT2D eigenvalue weighted by Crippen LogP contribution is 2.18. The van der Waals surface area contributed by atoms with Crippen LogP contribution in [0.2, 0.25) is 0 Å². The van der Waals surface area contributed by atoms with Crippen LogP contribution in [0.1, 0.15) is 18.4 Å². The molecule has 1 fully saturated rings. The molecule has 3 nitrogen and oxygen atoms in total. The van der Waals surface area contributed by atoms with Gasteiger partial charge in [0.2, 0.25) is 0 Å². The third kappa shape index (κ3) is 3.07. The number of nitrogens with one attached hydrogen (secondary N) is 1. The van der Waals surface area contributed by atoms with Gasteiger partial charge in [0.15, 0.2) is 0 Å². The van der Waals surface area contributed by atoms with Crippen LogP contribution in [0.15, 0.2) is 35.3 Å². The molecule has 2 rings (SSSR count). The lowest BCUT2D eigenvalue weighted by Gasteiger charge is -2.09. The van der Waals surface area contributed by atoms with Gasteiger partial charge in [0, 0.05) is 31.4 Å². The molecule has 0 bridgehead atoms. The maximum Gasteiger partial charge on any atom is 0.251 e. The third-order valence-electron chi connectivity index (χ3n) is 2.76. The summed E-state index contributed by atoms with van der Waals surface area (Å²) in [6.07, 6.45) is 4.38. The average molecular weight is 218 g/mol. The Kier molecular flexibility index (Phi) is 3.25. The van der Waals surface area contributed by atoms with Crippen LogP contribution in [0.25, 0.3) is 0 Å². The minimum absolute atomic E-state index is 0.0487. The number of hydrogen-bond donors (Lipinski definition) is 1. The zero-order valence-corrected chi connectivity index (χ0v) is 9.70. The molecule has 16 heavy (non-hydrogen) atoms. The predicted octanol–water partition coefficient (Wildman–Crippen LogP) is 1.46. The molecule has 0 amide bonds. The van der Waals surface area contributed by atoms with Gasteiger partial charge in [-0.2, -0.15) is 0 Å². The molecule has 1 N–H and O–H groups in total. The van der Waals surface area contributed by atoms with Gasteiger partial charge in [-0.3, -0.25) is 4.79 Å². The van der Waals surface area contributed by atoms with Crippen molar-refractivity contribution in [2.24, 2.45) is 0 Å². The van der Waals surface area contributed by atoms with E-state index in [4.69, 9.17) is 0 Å². The Hall–Kier alpha value is -1.35. The van der Waals surface area contributed by atoms with Crippen LogP contribution >= 0.6 is 0 Å². The van der Waals surface area contributed by atoms with Gasteiger partial charge in [-0.1, -0.05) is 6.58 Å². The zero-order chi connectivity index (χ0) is 11.5. The van der Waals surface area contributed by atoms with Gasteiger partial charge in [-0.25, -0.2) is 0 Å². The fourth-order valence-corrected chi connectivity index (χ4v) is 1.61. The van der Waals surface area contributed by atoms with Crippen LogP contribution in [0, 0.1) is 6.92 Å². The number of pyridine rings is 1. The molecular formula is C13H18N2O. The molecule has 0 atom stereocenters. The molecule has 3 heteroatoms. The normalized spacial score (nSPS) is 15.1. The van der Waals surface area contributed by atoms with E-state index in [2.05, 4.69) is 11.9 Å². The lowest BCUT2D eigenvalue weighted by molar-refractivity contribution is 0.669. The van der Waals surface area contributed by atoms with Crippen LogP contribution in [0.5, 0.6) is 0 Å². The number of rotatable bonds is 5. The highest BCUT2D eigenvalue weighted by atomic mass is 16.1. The molecule has 0 radical (unpaired) electrons. The molecular weight excluding hydrogens is 200 g/mol. The maximum absolute atomic E-state index is 11.6.